The molecule has 2 bridgehead atoms. The van der Waals surface area contributed by atoms with E-state index in [4.69, 9.17) is 10.5 Å². The number of carbonyl (C=O) groups is 2. The average Bonchev–Trinajstić information content (AvgIpc) is 3.07. The molecule has 4 rings (SSSR count). The second-order valence-corrected chi connectivity index (χ2v) is 11.2. The monoisotopic (exact) mass is 513 g/mol. The van der Waals surface area contributed by atoms with Gasteiger partial charge in [-0.25, -0.2) is 8.78 Å². The van der Waals surface area contributed by atoms with E-state index >= 15 is 0 Å². The van der Waals surface area contributed by atoms with Crippen LogP contribution in [-0.2, 0) is 16.1 Å². The third kappa shape index (κ3) is 6.73. The Morgan fingerprint density at radius 3 is 2.27 bits per heavy atom. The Morgan fingerprint density at radius 2 is 1.68 bits per heavy atom. The molecule has 0 radical (unpaired) electrons. The SMILES string of the molecule is CC(C)(C)OCC(=O)N(CCN1C2CCC1CC(c1cccc(C(N)=O)c1)C2)Cc1c(F)cccc1F. The first-order chi connectivity index (χ1) is 17.5. The number of ether oxygens (including phenoxy) is 1. The van der Waals surface area contributed by atoms with Crippen LogP contribution in [0.5, 0.6) is 0 Å². The topological polar surface area (TPSA) is 75.9 Å². The van der Waals surface area contributed by atoms with Crippen LogP contribution in [-0.4, -0.2) is 59.0 Å². The van der Waals surface area contributed by atoms with E-state index in [1.54, 1.807) is 6.07 Å². The van der Waals surface area contributed by atoms with Crippen LogP contribution >= 0.6 is 0 Å². The lowest BCUT2D eigenvalue weighted by Gasteiger charge is -2.40. The van der Waals surface area contributed by atoms with Crippen LogP contribution in [0.1, 0.15) is 73.9 Å². The van der Waals surface area contributed by atoms with Crippen LogP contribution in [0.25, 0.3) is 0 Å². The number of hydrogen-bond donors (Lipinski definition) is 1. The largest absolute Gasteiger partial charge is 0.366 e. The van der Waals surface area contributed by atoms with E-state index in [0.29, 0.717) is 36.7 Å². The molecule has 6 nitrogen and oxygen atoms in total. The summed E-state index contributed by atoms with van der Waals surface area (Å²) in [4.78, 5) is 28.7. The van der Waals surface area contributed by atoms with Crippen molar-refractivity contribution in [1.82, 2.24) is 9.80 Å². The molecule has 2 aliphatic heterocycles. The van der Waals surface area contributed by atoms with Gasteiger partial charge in [-0.05, 0) is 82.2 Å². The molecule has 2 aromatic rings. The first-order valence-electron chi connectivity index (χ1n) is 13.0. The van der Waals surface area contributed by atoms with Gasteiger partial charge in [0.2, 0.25) is 11.8 Å². The Kier molecular flexibility index (Phi) is 8.29. The zero-order chi connectivity index (χ0) is 26.7. The van der Waals surface area contributed by atoms with Crippen LogP contribution < -0.4 is 5.73 Å². The lowest BCUT2D eigenvalue weighted by atomic mass is 9.84. The van der Waals surface area contributed by atoms with Gasteiger partial charge in [0, 0.05) is 36.3 Å². The quantitative estimate of drug-likeness (QED) is 0.531. The molecule has 8 heteroatoms. The number of hydrogen-bond acceptors (Lipinski definition) is 4. The first-order valence-corrected chi connectivity index (χ1v) is 13.0. The van der Waals surface area contributed by atoms with E-state index < -0.39 is 23.1 Å². The Labute approximate surface area is 217 Å². The van der Waals surface area contributed by atoms with Gasteiger partial charge in [0.15, 0.2) is 0 Å². The van der Waals surface area contributed by atoms with Crippen molar-refractivity contribution in [3.05, 3.63) is 70.8 Å². The van der Waals surface area contributed by atoms with Gasteiger partial charge in [-0.2, -0.15) is 0 Å². The van der Waals surface area contributed by atoms with Crippen LogP contribution in [0.15, 0.2) is 42.5 Å². The fraction of sp³-hybridized carbons (Fsp3) is 0.517. The number of carbonyl (C=O) groups excluding carboxylic acids is 2. The molecule has 200 valence electrons. The van der Waals surface area contributed by atoms with Crippen molar-refractivity contribution in [2.75, 3.05) is 19.7 Å². The normalized spacial score (nSPS) is 21.7. The minimum Gasteiger partial charge on any atom is -0.366 e. The third-order valence-electron chi connectivity index (χ3n) is 7.55. The average molecular weight is 514 g/mol. The van der Waals surface area contributed by atoms with Gasteiger partial charge in [0.1, 0.15) is 18.2 Å². The van der Waals surface area contributed by atoms with Gasteiger partial charge >= 0.3 is 0 Å². The highest BCUT2D eigenvalue weighted by Gasteiger charge is 2.41. The summed E-state index contributed by atoms with van der Waals surface area (Å²) in [5.74, 6) is -1.68. The second-order valence-electron chi connectivity index (χ2n) is 11.2. The molecule has 2 aromatic carbocycles. The Morgan fingerprint density at radius 1 is 1.05 bits per heavy atom. The molecule has 37 heavy (non-hydrogen) atoms. The smallest absolute Gasteiger partial charge is 0.248 e. The van der Waals surface area contributed by atoms with Crippen molar-refractivity contribution in [3.8, 4) is 0 Å². The zero-order valence-corrected chi connectivity index (χ0v) is 21.9. The number of halogens is 2. The predicted molar refractivity (Wildman–Crippen MR) is 138 cm³/mol. The predicted octanol–water partition coefficient (Wildman–Crippen LogP) is 4.62. The highest BCUT2D eigenvalue weighted by Crippen LogP contribution is 2.43. The minimum absolute atomic E-state index is 0.109. The highest BCUT2D eigenvalue weighted by atomic mass is 19.1. The second kappa shape index (κ2) is 11.3. The molecule has 0 aromatic heterocycles. The number of benzene rings is 2. The molecular formula is C29H37F2N3O3. The lowest BCUT2D eigenvalue weighted by Crippen LogP contribution is -2.47. The fourth-order valence-electron chi connectivity index (χ4n) is 5.63. The molecule has 2 atom stereocenters. The maximum atomic E-state index is 14.4. The Bertz CT molecular complexity index is 1100. The molecular weight excluding hydrogens is 476 g/mol. The number of piperidine rings is 1. The van der Waals surface area contributed by atoms with Crippen LogP contribution in [0.2, 0.25) is 0 Å². The summed E-state index contributed by atoms with van der Waals surface area (Å²) in [5, 5.41) is 0. The van der Waals surface area contributed by atoms with Gasteiger partial charge in [-0.15, -0.1) is 0 Å². The molecule has 2 saturated heterocycles. The van der Waals surface area contributed by atoms with Crippen molar-refractivity contribution in [1.29, 1.82) is 0 Å². The fourth-order valence-corrected chi connectivity index (χ4v) is 5.63. The summed E-state index contributed by atoms with van der Waals surface area (Å²) >= 11 is 0. The van der Waals surface area contributed by atoms with Crippen LogP contribution in [0.3, 0.4) is 0 Å². The number of nitrogens with two attached hydrogens (primary N) is 1. The van der Waals surface area contributed by atoms with Gasteiger partial charge in [-0.3, -0.25) is 14.5 Å². The maximum absolute atomic E-state index is 14.4. The van der Waals surface area contributed by atoms with E-state index in [9.17, 15) is 18.4 Å². The molecule has 2 unspecified atom stereocenters. The number of rotatable bonds is 9. The minimum atomic E-state index is -0.659. The molecule has 0 spiro atoms. The summed E-state index contributed by atoms with van der Waals surface area (Å²) < 4.78 is 34.5. The van der Waals surface area contributed by atoms with Crippen molar-refractivity contribution >= 4 is 11.8 Å². The molecule has 2 aliphatic rings. The van der Waals surface area contributed by atoms with Gasteiger partial charge < -0.3 is 15.4 Å². The number of nitrogens with zero attached hydrogens (tertiary/aromatic N) is 2. The molecule has 2 heterocycles. The Hall–Kier alpha value is -2.84. The Balaban J connectivity index is 1.44. The van der Waals surface area contributed by atoms with Crippen LogP contribution in [0.4, 0.5) is 8.78 Å². The van der Waals surface area contributed by atoms with E-state index in [0.717, 1.165) is 31.2 Å². The molecule has 2 fully saturated rings. The standard InChI is InChI=1S/C29H37F2N3O3/c1-29(2,3)37-18-27(35)33(17-24-25(30)8-5-9-26(24)31)12-13-34-22-10-11-23(34)16-21(15-22)19-6-4-7-20(14-19)28(32)36/h4-9,14,21-23H,10-13,15-18H2,1-3H3,(H2,32,36). The van der Waals surface area contributed by atoms with E-state index in [1.807, 2.05) is 32.9 Å². The van der Waals surface area contributed by atoms with Crippen molar-refractivity contribution in [2.45, 2.75) is 76.6 Å². The van der Waals surface area contributed by atoms with Gasteiger partial charge in [-0.1, -0.05) is 18.2 Å². The summed E-state index contributed by atoms with van der Waals surface area (Å²) in [6, 6.07) is 12.0. The molecule has 2 amide bonds. The summed E-state index contributed by atoms with van der Waals surface area (Å²) in [6.07, 6.45) is 4.06. The summed E-state index contributed by atoms with van der Waals surface area (Å²) in [6.45, 7) is 6.28. The lowest BCUT2D eigenvalue weighted by molar-refractivity contribution is -0.142. The number of primary amides is 1. The summed E-state index contributed by atoms with van der Waals surface area (Å²) in [5.41, 5.74) is 6.53. The van der Waals surface area contributed by atoms with Crippen molar-refractivity contribution in [2.24, 2.45) is 5.73 Å². The summed E-state index contributed by atoms with van der Waals surface area (Å²) in [7, 11) is 0. The number of fused-ring (bicyclic) bond motifs is 2. The molecule has 2 N–H and O–H groups in total. The molecule has 0 aliphatic carbocycles. The van der Waals surface area contributed by atoms with E-state index in [2.05, 4.69) is 11.0 Å². The van der Waals surface area contributed by atoms with Gasteiger partial charge in [0.05, 0.1) is 12.1 Å². The first kappa shape index (κ1) is 27.2. The molecule has 0 saturated carbocycles. The van der Waals surface area contributed by atoms with Crippen molar-refractivity contribution in [3.63, 3.8) is 0 Å². The highest BCUT2D eigenvalue weighted by molar-refractivity contribution is 5.92. The maximum Gasteiger partial charge on any atom is 0.248 e. The van der Waals surface area contributed by atoms with E-state index in [1.165, 1.54) is 23.1 Å². The van der Waals surface area contributed by atoms with E-state index in [-0.39, 0.29) is 24.6 Å². The van der Waals surface area contributed by atoms with Crippen LogP contribution in [0, 0.1) is 11.6 Å². The van der Waals surface area contributed by atoms with Gasteiger partial charge in [0.25, 0.3) is 0 Å². The zero-order valence-electron chi connectivity index (χ0n) is 21.9. The number of amides is 2. The third-order valence-corrected chi connectivity index (χ3v) is 7.55. The van der Waals surface area contributed by atoms with Crippen molar-refractivity contribution < 1.29 is 23.1 Å².